The highest BCUT2D eigenvalue weighted by molar-refractivity contribution is 5.93. The van der Waals surface area contributed by atoms with Gasteiger partial charge in [0.15, 0.2) is 0 Å². The minimum absolute atomic E-state index is 0.0565. The van der Waals surface area contributed by atoms with E-state index < -0.39 is 0 Å². The molecule has 1 aromatic rings. The molecule has 1 aliphatic carbocycles. The molecule has 0 radical (unpaired) electrons. The summed E-state index contributed by atoms with van der Waals surface area (Å²) in [7, 11) is 1.84. The van der Waals surface area contributed by atoms with Gasteiger partial charge in [0.2, 0.25) is 0 Å². The number of hydrogen-bond donors (Lipinski definition) is 2. The SMILES string of the molecule is CNc1ccnc(C(=O)NC2CCCCCC2)c1. The van der Waals surface area contributed by atoms with Crippen molar-refractivity contribution in [3.63, 3.8) is 0 Å². The number of hydrogen-bond acceptors (Lipinski definition) is 3. The first-order chi connectivity index (χ1) is 8.79. The highest BCUT2D eigenvalue weighted by Gasteiger charge is 2.16. The van der Waals surface area contributed by atoms with Crippen molar-refractivity contribution < 1.29 is 4.79 Å². The number of amides is 1. The quantitative estimate of drug-likeness (QED) is 0.807. The van der Waals surface area contributed by atoms with E-state index in [-0.39, 0.29) is 5.91 Å². The van der Waals surface area contributed by atoms with Crippen LogP contribution in [0.3, 0.4) is 0 Å². The predicted molar refractivity (Wildman–Crippen MR) is 72.7 cm³/mol. The fourth-order valence-corrected chi connectivity index (χ4v) is 2.39. The van der Waals surface area contributed by atoms with Crippen LogP contribution in [-0.2, 0) is 0 Å². The molecule has 0 aliphatic heterocycles. The number of anilines is 1. The van der Waals surface area contributed by atoms with Crippen molar-refractivity contribution in [3.8, 4) is 0 Å². The summed E-state index contributed by atoms with van der Waals surface area (Å²) in [6.45, 7) is 0. The van der Waals surface area contributed by atoms with E-state index in [0.29, 0.717) is 11.7 Å². The van der Waals surface area contributed by atoms with Gasteiger partial charge in [-0.05, 0) is 25.0 Å². The molecule has 0 saturated heterocycles. The molecule has 98 valence electrons. The van der Waals surface area contributed by atoms with E-state index in [1.807, 2.05) is 13.1 Å². The summed E-state index contributed by atoms with van der Waals surface area (Å²) in [6.07, 6.45) is 8.87. The van der Waals surface area contributed by atoms with Gasteiger partial charge in [0.25, 0.3) is 5.91 Å². The lowest BCUT2D eigenvalue weighted by atomic mass is 10.1. The second-order valence-corrected chi connectivity index (χ2v) is 4.84. The van der Waals surface area contributed by atoms with Gasteiger partial charge < -0.3 is 10.6 Å². The Balaban J connectivity index is 1.97. The number of aromatic nitrogens is 1. The van der Waals surface area contributed by atoms with Crippen LogP contribution < -0.4 is 10.6 Å². The molecule has 18 heavy (non-hydrogen) atoms. The molecule has 4 heteroatoms. The van der Waals surface area contributed by atoms with Crippen LogP contribution in [0.1, 0.15) is 49.0 Å². The van der Waals surface area contributed by atoms with Crippen molar-refractivity contribution >= 4 is 11.6 Å². The van der Waals surface area contributed by atoms with Crippen LogP contribution in [0.5, 0.6) is 0 Å². The zero-order valence-corrected chi connectivity index (χ0v) is 10.9. The van der Waals surface area contributed by atoms with Crippen LogP contribution in [0, 0.1) is 0 Å². The van der Waals surface area contributed by atoms with Gasteiger partial charge in [-0.1, -0.05) is 25.7 Å². The Hall–Kier alpha value is -1.58. The van der Waals surface area contributed by atoms with Gasteiger partial charge in [0.1, 0.15) is 5.69 Å². The minimum Gasteiger partial charge on any atom is -0.388 e. The molecule has 0 atom stereocenters. The molecule has 1 aliphatic rings. The Kier molecular flexibility index (Phi) is 4.56. The zero-order valence-electron chi connectivity index (χ0n) is 10.9. The molecular formula is C14H21N3O. The number of carbonyl (C=O) groups is 1. The molecule has 0 bridgehead atoms. The van der Waals surface area contributed by atoms with E-state index in [2.05, 4.69) is 15.6 Å². The molecule has 2 N–H and O–H groups in total. The molecule has 0 unspecified atom stereocenters. The standard InChI is InChI=1S/C14H21N3O/c1-15-12-8-9-16-13(10-12)14(18)17-11-6-4-2-3-5-7-11/h8-11H,2-7H2,1H3,(H,15,16)(H,17,18). The number of pyridine rings is 1. The third-order valence-corrected chi connectivity index (χ3v) is 3.47. The third-order valence-electron chi connectivity index (χ3n) is 3.47. The van der Waals surface area contributed by atoms with Gasteiger partial charge in [-0.15, -0.1) is 0 Å². The maximum atomic E-state index is 12.1. The molecule has 1 aromatic heterocycles. The molecule has 4 nitrogen and oxygen atoms in total. The first kappa shape index (κ1) is 12.9. The highest BCUT2D eigenvalue weighted by Crippen LogP contribution is 2.17. The van der Waals surface area contributed by atoms with Crippen LogP contribution in [0.25, 0.3) is 0 Å². The van der Waals surface area contributed by atoms with Crippen molar-refractivity contribution in [2.24, 2.45) is 0 Å². The second-order valence-electron chi connectivity index (χ2n) is 4.84. The Labute approximate surface area is 108 Å². The number of nitrogens with zero attached hydrogens (tertiary/aromatic N) is 1. The van der Waals surface area contributed by atoms with E-state index in [4.69, 9.17) is 0 Å². The fraction of sp³-hybridized carbons (Fsp3) is 0.571. The van der Waals surface area contributed by atoms with E-state index >= 15 is 0 Å². The number of carbonyl (C=O) groups excluding carboxylic acids is 1. The lowest BCUT2D eigenvalue weighted by Gasteiger charge is -2.16. The smallest absolute Gasteiger partial charge is 0.270 e. The molecule has 1 heterocycles. The molecular weight excluding hydrogens is 226 g/mol. The van der Waals surface area contributed by atoms with Crippen molar-refractivity contribution in [1.82, 2.24) is 10.3 Å². The molecule has 0 aromatic carbocycles. The Morgan fingerprint density at radius 3 is 2.67 bits per heavy atom. The summed E-state index contributed by atoms with van der Waals surface area (Å²) in [5, 5.41) is 6.11. The van der Waals surface area contributed by atoms with Crippen molar-refractivity contribution in [1.29, 1.82) is 0 Å². The van der Waals surface area contributed by atoms with Crippen LogP contribution in [0.4, 0.5) is 5.69 Å². The van der Waals surface area contributed by atoms with Gasteiger partial charge in [0, 0.05) is 25.0 Å². The summed E-state index contributed by atoms with van der Waals surface area (Å²) < 4.78 is 0. The average molecular weight is 247 g/mol. The lowest BCUT2D eigenvalue weighted by molar-refractivity contribution is 0.0928. The summed E-state index contributed by atoms with van der Waals surface area (Å²) in [4.78, 5) is 16.2. The van der Waals surface area contributed by atoms with E-state index in [0.717, 1.165) is 18.5 Å². The number of rotatable bonds is 3. The van der Waals surface area contributed by atoms with Crippen LogP contribution >= 0.6 is 0 Å². The summed E-state index contributed by atoms with van der Waals surface area (Å²) in [6, 6.07) is 3.95. The Bertz CT molecular complexity index is 398. The lowest BCUT2D eigenvalue weighted by Crippen LogP contribution is -2.34. The first-order valence-corrected chi connectivity index (χ1v) is 6.74. The number of nitrogens with one attached hydrogen (secondary N) is 2. The van der Waals surface area contributed by atoms with Crippen molar-refractivity contribution in [3.05, 3.63) is 24.0 Å². The first-order valence-electron chi connectivity index (χ1n) is 6.74. The van der Waals surface area contributed by atoms with Gasteiger partial charge in [-0.25, -0.2) is 0 Å². The van der Waals surface area contributed by atoms with Gasteiger partial charge in [-0.2, -0.15) is 0 Å². The minimum atomic E-state index is -0.0565. The average Bonchev–Trinajstić information content (AvgIpc) is 2.67. The fourth-order valence-electron chi connectivity index (χ4n) is 2.39. The van der Waals surface area contributed by atoms with Gasteiger partial charge >= 0.3 is 0 Å². The molecule has 1 saturated carbocycles. The van der Waals surface area contributed by atoms with Gasteiger partial charge in [0.05, 0.1) is 0 Å². The Morgan fingerprint density at radius 2 is 2.00 bits per heavy atom. The molecule has 1 fully saturated rings. The van der Waals surface area contributed by atoms with Crippen molar-refractivity contribution in [2.75, 3.05) is 12.4 Å². The maximum absolute atomic E-state index is 12.1. The molecule has 1 amide bonds. The largest absolute Gasteiger partial charge is 0.388 e. The van der Waals surface area contributed by atoms with E-state index in [9.17, 15) is 4.79 Å². The van der Waals surface area contributed by atoms with Crippen molar-refractivity contribution in [2.45, 2.75) is 44.6 Å². The van der Waals surface area contributed by atoms with Crippen LogP contribution in [0.2, 0.25) is 0 Å². The summed E-state index contributed by atoms with van der Waals surface area (Å²) in [5.41, 5.74) is 1.40. The Morgan fingerprint density at radius 1 is 1.28 bits per heavy atom. The zero-order chi connectivity index (χ0) is 12.8. The molecule has 2 rings (SSSR count). The van der Waals surface area contributed by atoms with E-state index in [1.165, 1.54) is 25.7 Å². The van der Waals surface area contributed by atoms with Crippen LogP contribution in [0.15, 0.2) is 18.3 Å². The summed E-state index contributed by atoms with van der Waals surface area (Å²) in [5.74, 6) is -0.0565. The second kappa shape index (κ2) is 6.38. The third kappa shape index (κ3) is 3.45. The molecule has 0 spiro atoms. The monoisotopic (exact) mass is 247 g/mol. The topological polar surface area (TPSA) is 54.0 Å². The van der Waals surface area contributed by atoms with E-state index in [1.54, 1.807) is 12.3 Å². The highest BCUT2D eigenvalue weighted by atomic mass is 16.1. The normalized spacial score (nSPS) is 16.9. The predicted octanol–water partition coefficient (Wildman–Crippen LogP) is 2.58. The maximum Gasteiger partial charge on any atom is 0.270 e. The summed E-state index contributed by atoms with van der Waals surface area (Å²) >= 11 is 0. The van der Waals surface area contributed by atoms with Gasteiger partial charge in [-0.3, -0.25) is 9.78 Å². The van der Waals surface area contributed by atoms with Crippen LogP contribution in [-0.4, -0.2) is 24.0 Å².